The molecule has 0 radical (unpaired) electrons. The van der Waals surface area contributed by atoms with Gasteiger partial charge in [0.25, 0.3) is 17.0 Å². The zero-order valence-electron chi connectivity index (χ0n) is 16.1. The molecule has 1 N–H and O–H groups in total. The predicted octanol–water partition coefficient (Wildman–Crippen LogP) is 1.13. The first kappa shape index (κ1) is 18.6. The molecule has 0 saturated heterocycles. The largest absolute Gasteiger partial charge is 0.348 e. The molecule has 8 heteroatoms. The molecular formula is C20H25N5O3. The monoisotopic (exact) mass is 383 g/mol. The topological polar surface area (TPSA) is 98.9 Å². The van der Waals surface area contributed by atoms with E-state index < -0.39 is 0 Å². The SMILES string of the molecule is Cn1nc(C(=O)NC2CCC(n3nc4c(cc3=O)CCCC4)CC2)ccc1=O. The Labute approximate surface area is 162 Å². The summed E-state index contributed by atoms with van der Waals surface area (Å²) in [5.41, 5.74) is 2.15. The number of amides is 1. The molecule has 1 saturated carbocycles. The quantitative estimate of drug-likeness (QED) is 0.857. The fourth-order valence-electron chi connectivity index (χ4n) is 4.19. The van der Waals surface area contributed by atoms with Gasteiger partial charge in [-0.25, -0.2) is 9.36 Å². The molecule has 0 spiro atoms. The molecule has 0 aromatic carbocycles. The van der Waals surface area contributed by atoms with Crippen LogP contribution in [0.2, 0.25) is 0 Å². The number of fused-ring (bicyclic) bond motifs is 1. The average Bonchev–Trinajstić information content (AvgIpc) is 2.70. The first-order chi connectivity index (χ1) is 13.5. The van der Waals surface area contributed by atoms with Crippen LogP contribution in [0.25, 0.3) is 0 Å². The summed E-state index contributed by atoms with van der Waals surface area (Å²) in [7, 11) is 1.52. The average molecular weight is 383 g/mol. The number of nitrogens with one attached hydrogen (secondary N) is 1. The lowest BCUT2D eigenvalue weighted by molar-refractivity contribution is 0.0914. The van der Waals surface area contributed by atoms with Crippen molar-refractivity contribution in [2.75, 3.05) is 0 Å². The van der Waals surface area contributed by atoms with Gasteiger partial charge in [-0.1, -0.05) is 0 Å². The van der Waals surface area contributed by atoms with Gasteiger partial charge in [0.05, 0.1) is 11.7 Å². The zero-order chi connectivity index (χ0) is 19.7. The molecule has 8 nitrogen and oxygen atoms in total. The molecule has 4 rings (SSSR count). The fraction of sp³-hybridized carbons (Fsp3) is 0.550. The van der Waals surface area contributed by atoms with E-state index in [2.05, 4.69) is 15.5 Å². The Bertz CT molecular complexity index is 1000. The number of rotatable bonds is 3. The van der Waals surface area contributed by atoms with E-state index in [4.69, 9.17) is 0 Å². The van der Waals surface area contributed by atoms with Gasteiger partial charge in [-0.2, -0.15) is 10.2 Å². The summed E-state index contributed by atoms with van der Waals surface area (Å²) in [6.07, 6.45) is 7.35. The van der Waals surface area contributed by atoms with Crippen molar-refractivity contribution in [3.63, 3.8) is 0 Å². The maximum absolute atomic E-state index is 12.5. The van der Waals surface area contributed by atoms with Crippen LogP contribution in [0.4, 0.5) is 0 Å². The Kier molecular flexibility index (Phi) is 5.11. The number of carbonyl (C=O) groups excluding carboxylic acids is 1. The van der Waals surface area contributed by atoms with Crippen molar-refractivity contribution in [1.29, 1.82) is 0 Å². The maximum atomic E-state index is 12.5. The van der Waals surface area contributed by atoms with Gasteiger partial charge in [-0.05, 0) is 63.0 Å². The summed E-state index contributed by atoms with van der Waals surface area (Å²) in [6, 6.07) is 4.67. The summed E-state index contributed by atoms with van der Waals surface area (Å²) in [5.74, 6) is -0.275. The van der Waals surface area contributed by atoms with Crippen molar-refractivity contribution < 1.29 is 4.79 Å². The van der Waals surface area contributed by atoms with Gasteiger partial charge in [-0.15, -0.1) is 0 Å². The minimum atomic E-state index is -0.275. The Balaban J connectivity index is 1.39. The molecule has 2 heterocycles. The second kappa shape index (κ2) is 7.69. The van der Waals surface area contributed by atoms with Crippen molar-refractivity contribution >= 4 is 5.91 Å². The highest BCUT2D eigenvalue weighted by Crippen LogP contribution is 2.28. The van der Waals surface area contributed by atoms with Crippen molar-refractivity contribution in [3.05, 3.63) is 55.9 Å². The van der Waals surface area contributed by atoms with Crippen LogP contribution in [-0.2, 0) is 19.9 Å². The molecule has 2 aliphatic carbocycles. The summed E-state index contributed by atoms with van der Waals surface area (Å²) < 4.78 is 2.82. The minimum Gasteiger partial charge on any atom is -0.348 e. The summed E-state index contributed by atoms with van der Waals surface area (Å²) in [4.78, 5) is 36.3. The molecule has 0 unspecified atom stereocenters. The fourth-order valence-corrected chi connectivity index (χ4v) is 4.19. The number of nitrogens with zero attached hydrogens (tertiary/aromatic N) is 4. The first-order valence-corrected chi connectivity index (χ1v) is 9.98. The van der Waals surface area contributed by atoms with E-state index in [9.17, 15) is 14.4 Å². The van der Waals surface area contributed by atoms with Crippen LogP contribution in [0.15, 0.2) is 27.8 Å². The second-order valence-electron chi connectivity index (χ2n) is 7.77. The predicted molar refractivity (Wildman–Crippen MR) is 103 cm³/mol. The van der Waals surface area contributed by atoms with E-state index in [0.717, 1.165) is 67.3 Å². The van der Waals surface area contributed by atoms with Gasteiger partial charge >= 0.3 is 0 Å². The molecule has 2 aromatic heterocycles. The molecule has 0 bridgehead atoms. The molecule has 1 amide bonds. The molecule has 0 aliphatic heterocycles. The van der Waals surface area contributed by atoms with Crippen LogP contribution in [0.5, 0.6) is 0 Å². The van der Waals surface area contributed by atoms with Crippen LogP contribution in [0.1, 0.15) is 66.3 Å². The summed E-state index contributed by atoms with van der Waals surface area (Å²) in [6.45, 7) is 0. The number of hydrogen-bond acceptors (Lipinski definition) is 5. The van der Waals surface area contributed by atoms with Gasteiger partial charge in [0.1, 0.15) is 5.69 Å². The maximum Gasteiger partial charge on any atom is 0.271 e. The van der Waals surface area contributed by atoms with Gasteiger partial charge in [0.15, 0.2) is 0 Å². The van der Waals surface area contributed by atoms with E-state index in [1.54, 1.807) is 10.7 Å². The van der Waals surface area contributed by atoms with Crippen LogP contribution in [-0.4, -0.2) is 31.5 Å². The Morgan fingerprint density at radius 1 is 1.04 bits per heavy atom. The van der Waals surface area contributed by atoms with Crippen LogP contribution < -0.4 is 16.4 Å². The van der Waals surface area contributed by atoms with Crippen LogP contribution in [0.3, 0.4) is 0 Å². The lowest BCUT2D eigenvalue weighted by Gasteiger charge is -2.30. The van der Waals surface area contributed by atoms with Crippen molar-refractivity contribution in [2.24, 2.45) is 7.05 Å². The zero-order valence-corrected chi connectivity index (χ0v) is 16.1. The molecule has 0 atom stereocenters. The van der Waals surface area contributed by atoms with E-state index >= 15 is 0 Å². The van der Waals surface area contributed by atoms with Crippen LogP contribution in [0, 0.1) is 0 Å². The third-order valence-electron chi connectivity index (χ3n) is 5.80. The van der Waals surface area contributed by atoms with E-state index in [1.165, 1.54) is 19.2 Å². The van der Waals surface area contributed by atoms with Gasteiger partial charge < -0.3 is 5.32 Å². The molecular weight excluding hydrogens is 358 g/mol. The number of aryl methyl sites for hydroxylation is 3. The molecule has 2 aromatic rings. The van der Waals surface area contributed by atoms with Crippen molar-refractivity contribution in [2.45, 2.75) is 63.5 Å². The number of carbonyl (C=O) groups is 1. The Morgan fingerprint density at radius 2 is 1.79 bits per heavy atom. The van der Waals surface area contributed by atoms with Crippen molar-refractivity contribution in [3.8, 4) is 0 Å². The molecule has 2 aliphatic rings. The van der Waals surface area contributed by atoms with Gasteiger partial charge in [-0.3, -0.25) is 14.4 Å². The Morgan fingerprint density at radius 3 is 2.54 bits per heavy atom. The molecule has 1 fully saturated rings. The highest BCUT2D eigenvalue weighted by Gasteiger charge is 2.26. The van der Waals surface area contributed by atoms with Gasteiger partial charge in [0.2, 0.25) is 0 Å². The normalized spacial score (nSPS) is 21.8. The number of aromatic nitrogens is 4. The minimum absolute atomic E-state index is 0.0115. The number of hydrogen-bond donors (Lipinski definition) is 1. The van der Waals surface area contributed by atoms with E-state index in [-0.39, 0.29) is 34.8 Å². The summed E-state index contributed by atoms with van der Waals surface area (Å²) >= 11 is 0. The standard InChI is InChI=1S/C20H25N5O3/c1-24-18(26)11-10-17(22-24)20(28)21-14-6-8-15(9-7-14)25-19(27)12-13-4-2-3-5-16(13)23-25/h10-12,14-15H,2-9H2,1H3,(H,21,28). The molecule has 28 heavy (non-hydrogen) atoms. The van der Waals surface area contributed by atoms with Crippen LogP contribution >= 0.6 is 0 Å². The first-order valence-electron chi connectivity index (χ1n) is 9.98. The van der Waals surface area contributed by atoms with Crippen molar-refractivity contribution in [1.82, 2.24) is 24.9 Å². The van der Waals surface area contributed by atoms with E-state index in [0.29, 0.717) is 0 Å². The third-order valence-corrected chi connectivity index (χ3v) is 5.80. The lowest BCUT2D eigenvalue weighted by Crippen LogP contribution is -2.40. The highest BCUT2D eigenvalue weighted by molar-refractivity contribution is 5.92. The van der Waals surface area contributed by atoms with Gasteiger partial charge in [0, 0.05) is 25.2 Å². The van der Waals surface area contributed by atoms with E-state index in [1.807, 2.05) is 0 Å². The second-order valence-corrected chi connectivity index (χ2v) is 7.77. The molecule has 148 valence electrons. The smallest absolute Gasteiger partial charge is 0.271 e. The summed E-state index contributed by atoms with van der Waals surface area (Å²) in [5, 5.41) is 11.6. The third kappa shape index (κ3) is 3.76. The highest BCUT2D eigenvalue weighted by atomic mass is 16.2. The Hall–Kier alpha value is -2.77. The lowest BCUT2D eigenvalue weighted by atomic mass is 9.91.